The molecule has 1 fully saturated rings. The van der Waals surface area contributed by atoms with Crippen LogP contribution >= 0.6 is 11.6 Å². The highest BCUT2D eigenvalue weighted by Crippen LogP contribution is 2.24. The summed E-state index contributed by atoms with van der Waals surface area (Å²) in [6, 6.07) is 12.9. The zero-order chi connectivity index (χ0) is 19.4. The van der Waals surface area contributed by atoms with E-state index in [1.165, 1.54) is 0 Å². The predicted octanol–water partition coefficient (Wildman–Crippen LogP) is 2.94. The third kappa shape index (κ3) is 4.35. The molecule has 1 aliphatic rings. The Bertz CT molecular complexity index is 849. The van der Waals surface area contributed by atoms with Crippen molar-refractivity contribution in [2.24, 2.45) is 0 Å². The molecular formula is C20H19ClN2O4. The van der Waals surface area contributed by atoms with Crippen molar-refractivity contribution in [1.29, 1.82) is 0 Å². The molecule has 6 nitrogen and oxygen atoms in total. The summed E-state index contributed by atoms with van der Waals surface area (Å²) in [5, 5.41) is 3.76. The molecule has 1 heterocycles. The molecule has 0 bridgehead atoms. The first-order valence-electron chi connectivity index (χ1n) is 8.61. The third-order valence-electron chi connectivity index (χ3n) is 4.25. The van der Waals surface area contributed by atoms with Gasteiger partial charge in [-0.1, -0.05) is 23.7 Å². The third-order valence-corrected chi connectivity index (χ3v) is 4.50. The van der Waals surface area contributed by atoms with Crippen molar-refractivity contribution >= 4 is 35.1 Å². The highest BCUT2D eigenvalue weighted by molar-refractivity contribution is 6.30. The standard InChI is InChI=1S/C20H19ClN2O4/c1-2-27-20(26)14-5-9-16(10-6-14)23-18(24)11-17(19(23)25)22-12-13-3-7-15(21)8-4-13/h3-10,17,22H,2,11-12H2,1H3/t17-/m1/s1. The number of hydrogen-bond acceptors (Lipinski definition) is 5. The average Bonchev–Trinajstić information content (AvgIpc) is 2.95. The topological polar surface area (TPSA) is 75.7 Å². The lowest BCUT2D eigenvalue weighted by Crippen LogP contribution is -2.38. The van der Waals surface area contributed by atoms with Crippen molar-refractivity contribution in [3.63, 3.8) is 0 Å². The van der Waals surface area contributed by atoms with Gasteiger partial charge in [0.05, 0.1) is 30.3 Å². The molecule has 3 rings (SSSR count). The van der Waals surface area contributed by atoms with Crippen molar-refractivity contribution in [3.8, 4) is 0 Å². The van der Waals surface area contributed by atoms with E-state index in [9.17, 15) is 14.4 Å². The van der Waals surface area contributed by atoms with Gasteiger partial charge in [0.25, 0.3) is 5.91 Å². The Balaban J connectivity index is 1.66. The Kier molecular flexibility index (Phi) is 5.88. The van der Waals surface area contributed by atoms with Crippen LogP contribution in [0.1, 0.15) is 29.3 Å². The van der Waals surface area contributed by atoms with E-state index < -0.39 is 12.0 Å². The van der Waals surface area contributed by atoms with Crippen LogP contribution in [0.2, 0.25) is 5.02 Å². The van der Waals surface area contributed by atoms with Crippen LogP contribution in [0.25, 0.3) is 0 Å². The minimum Gasteiger partial charge on any atom is -0.462 e. The van der Waals surface area contributed by atoms with Crippen LogP contribution in [-0.2, 0) is 20.9 Å². The fourth-order valence-corrected chi connectivity index (χ4v) is 2.99. The summed E-state index contributed by atoms with van der Waals surface area (Å²) in [5.41, 5.74) is 1.78. The highest BCUT2D eigenvalue weighted by Gasteiger charge is 2.39. The zero-order valence-electron chi connectivity index (χ0n) is 14.8. The molecule has 1 saturated heterocycles. The number of imide groups is 1. The Morgan fingerprint density at radius 2 is 1.81 bits per heavy atom. The van der Waals surface area contributed by atoms with E-state index in [-0.39, 0.29) is 24.8 Å². The number of anilines is 1. The summed E-state index contributed by atoms with van der Waals surface area (Å²) in [7, 11) is 0. The summed E-state index contributed by atoms with van der Waals surface area (Å²) in [5.74, 6) is -1.03. The number of nitrogens with zero attached hydrogens (tertiary/aromatic N) is 1. The molecule has 1 aliphatic heterocycles. The van der Waals surface area contributed by atoms with Crippen molar-refractivity contribution in [2.75, 3.05) is 11.5 Å². The van der Waals surface area contributed by atoms with Crippen molar-refractivity contribution in [1.82, 2.24) is 5.32 Å². The normalized spacial score (nSPS) is 16.7. The van der Waals surface area contributed by atoms with E-state index in [1.807, 2.05) is 12.1 Å². The largest absolute Gasteiger partial charge is 0.462 e. The molecule has 1 N–H and O–H groups in total. The van der Waals surface area contributed by atoms with E-state index in [1.54, 1.807) is 43.3 Å². The van der Waals surface area contributed by atoms with Gasteiger partial charge in [0.15, 0.2) is 0 Å². The molecule has 0 unspecified atom stereocenters. The smallest absolute Gasteiger partial charge is 0.338 e. The number of ether oxygens (including phenoxy) is 1. The van der Waals surface area contributed by atoms with Gasteiger partial charge >= 0.3 is 5.97 Å². The summed E-state index contributed by atoms with van der Waals surface area (Å²) >= 11 is 5.86. The van der Waals surface area contributed by atoms with Gasteiger partial charge in [-0.3, -0.25) is 9.59 Å². The first kappa shape index (κ1) is 19.1. The van der Waals surface area contributed by atoms with Gasteiger partial charge in [-0.05, 0) is 48.9 Å². The van der Waals surface area contributed by atoms with Crippen molar-refractivity contribution in [3.05, 3.63) is 64.7 Å². The van der Waals surface area contributed by atoms with Crippen LogP contribution in [0.15, 0.2) is 48.5 Å². The van der Waals surface area contributed by atoms with Crippen LogP contribution in [0.5, 0.6) is 0 Å². The first-order valence-corrected chi connectivity index (χ1v) is 8.99. The second-order valence-electron chi connectivity index (χ2n) is 6.10. The molecule has 0 saturated carbocycles. The number of benzene rings is 2. The Labute approximate surface area is 162 Å². The van der Waals surface area contributed by atoms with Crippen molar-refractivity contribution in [2.45, 2.75) is 25.9 Å². The Morgan fingerprint density at radius 3 is 2.44 bits per heavy atom. The molecule has 0 radical (unpaired) electrons. The number of hydrogen-bond donors (Lipinski definition) is 1. The Hall–Kier alpha value is -2.70. The quantitative estimate of drug-likeness (QED) is 0.610. The minimum atomic E-state index is -0.585. The lowest BCUT2D eigenvalue weighted by atomic mass is 10.2. The monoisotopic (exact) mass is 386 g/mol. The molecule has 2 aromatic carbocycles. The summed E-state index contributed by atoms with van der Waals surface area (Å²) < 4.78 is 4.93. The van der Waals surface area contributed by atoms with Gasteiger partial charge in [-0.2, -0.15) is 0 Å². The van der Waals surface area contributed by atoms with E-state index in [4.69, 9.17) is 16.3 Å². The van der Waals surface area contributed by atoms with Crippen LogP contribution in [0.3, 0.4) is 0 Å². The summed E-state index contributed by atoms with van der Waals surface area (Å²) in [6.07, 6.45) is 0.0893. The molecule has 2 aromatic rings. The molecule has 140 valence electrons. The molecule has 2 amide bonds. The van der Waals surface area contributed by atoms with Crippen LogP contribution in [-0.4, -0.2) is 30.4 Å². The van der Waals surface area contributed by atoms with E-state index in [0.717, 1.165) is 10.5 Å². The van der Waals surface area contributed by atoms with Gasteiger partial charge in [0.1, 0.15) is 0 Å². The van der Waals surface area contributed by atoms with Gasteiger partial charge in [0, 0.05) is 11.6 Å². The number of carbonyl (C=O) groups excluding carboxylic acids is 3. The number of carbonyl (C=O) groups is 3. The average molecular weight is 387 g/mol. The summed E-state index contributed by atoms with van der Waals surface area (Å²) in [4.78, 5) is 37.8. The number of nitrogens with one attached hydrogen (secondary N) is 1. The number of esters is 1. The van der Waals surface area contributed by atoms with Crippen molar-refractivity contribution < 1.29 is 19.1 Å². The molecule has 0 aliphatic carbocycles. The first-order chi connectivity index (χ1) is 13.0. The molecule has 0 aromatic heterocycles. The number of rotatable bonds is 6. The number of amides is 2. The lowest BCUT2D eigenvalue weighted by molar-refractivity contribution is -0.121. The maximum Gasteiger partial charge on any atom is 0.338 e. The zero-order valence-corrected chi connectivity index (χ0v) is 15.5. The van der Waals surface area contributed by atoms with Gasteiger partial charge in [-0.15, -0.1) is 0 Å². The van der Waals surface area contributed by atoms with Gasteiger partial charge < -0.3 is 10.1 Å². The predicted molar refractivity (Wildman–Crippen MR) is 102 cm³/mol. The molecule has 7 heteroatoms. The summed E-state index contributed by atoms with van der Waals surface area (Å²) in [6.45, 7) is 2.46. The minimum absolute atomic E-state index is 0.0893. The second kappa shape index (κ2) is 8.33. The van der Waals surface area contributed by atoms with Crippen LogP contribution in [0, 0.1) is 0 Å². The second-order valence-corrected chi connectivity index (χ2v) is 6.54. The van der Waals surface area contributed by atoms with Gasteiger partial charge in [-0.25, -0.2) is 9.69 Å². The fourth-order valence-electron chi connectivity index (χ4n) is 2.87. The maximum atomic E-state index is 12.6. The molecular weight excluding hydrogens is 368 g/mol. The highest BCUT2D eigenvalue weighted by atomic mass is 35.5. The Morgan fingerprint density at radius 1 is 1.15 bits per heavy atom. The number of halogens is 1. The fraction of sp³-hybridized carbons (Fsp3) is 0.250. The van der Waals surface area contributed by atoms with E-state index in [2.05, 4.69) is 5.32 Å². The lowest BCUT2D eigenvalue weighted by Gasteiger charge is -2.16. The van der Waals surface area contributed by atoms with E-state index in [0.29, 0.717) is 22.8 Å². The molecule has 0 spiro atoms. The van der Waals surface area contributed by atoms with Gasteiger partial charge in [0.2, 0.25) is 5.91 Å². The molecule has 1 atom stereocenters. The van der Waals surface area contributed by atoms with E-state index >= 15 is 0 Å². The van der Waals surface area contributed by atoms with Crippen LogP contribution < -0.4 is 10.2 Å². The SMILES string of the molecule is CCOC(=O)c1ccc(N2C(=O)C[C@@H](NCc3ccc(Cl)cc3)C2=O)cc1. The maximum absolute atomic E-state index is 12.6. The molecule has 27 heavy (non-hydrogen) atoms. The van der Waals surface area contributed by atoms with Crippen LogP contribution in [0.4, 0.5) is 5.69 Å².